The number of hydrogen-bond donors (Lipinski definition) is 0. The fourth-order valence-corrected chi connectivity index (χ4v) is 13.2. The molecular formula is C60H48N2S2. The van der Waals surface area contributed by atoms with E-state index in [-0.39, 0.29) is 0 Å². The van der Waals surface area contributed by atoms with Gasteiger partial charge < -0.3 is 9.80 Å². The van der Waals surface area contributed by atoms with E-state index in [1.54, 1.807) is 0 Å². The molecule has 0 atom stereocenters. The van der Waals surface area contributed by atoms with Gasteiger partial charge in [0.2, 0.25) is 0 Å². The van der Waals surface area contributed by atoms with Gasteiger partial charge in [0, 0.05) is 85.2 Å². The van der Waals surface area contributed by atoms with Crippen molar-refractivity contribution in [2.24, 2.45) is 0 Å². The zero-order valence-electron chi connectivity index (χ0n) is 37.6. The minimum atomic E-state index is 1.18. The second kappa shape index (κ2) is 14.4. The summed E-state index contributed by atoms with van der Waals surface area (Å²) in [5.41, 5.74) is 17.4. The molecule has 0 saturated carbocycles. The van der Waals surface area contributed by atoms with Crippen LogP contribution >= 0.6 is 22.7 Å². The van der Waals surface area contributed by atoms with E-state index in [0.717, 1.165) is 0 Å². The van der Waals surface area contributed by atoms with Crippen LogP contribution in [0.25, 0.3) is 72.7 Å². The van der Waals surface area contributed by atoms with Gasteiger partial charge in [-0.05, 0) is 160 Å². The van der Waals surface area contributed by atoms with Crippen molar-refractivity contribution < 1.29 is 0 Å². The number of thiophene rings is 2. The summed E-state index contributed by atoms with van der Waals surface area (Å²) in [7, 11) is 0. The average molecular weight is 861 g/mol. The van der Waals surface area contributed by atoms with Crippen LogP contribution in [0.5, 0.6) is 0 Å². The molecule has 2 nitrogen and oxygen atoms in total. The molecule has 0 N–H and O–H groups in total. The maximum Gasteiger partial charge on any atom is 0.0491 e. The van der Waals surface area contributed by atoms with Crippen LogP contribution in [0.2, 0.25) is 0 Å². The summed E-state index contributed by atoms with van der Waals surface area (Å²) in [5.74, 6) is 0. The van der Waals surface area contributed by atoms with Crippen LogP contribution in [-0.2, 0) is 0 Å². The summed E-state index contributed by atoms with van der Waals surface area (Å²) < 4.78 is 5.33. The Morgan fingerprint density at radius 1 is 0.297 bits per heavy atom. The number of aryl methyl sites for hydroxylation is 8. The summed E-state index contributed by atoms with van der Waals surface area (Å²) >= 11 is 3.86. The lowest BCUT2D eigenvalue weighted by atomic mass is 9.91. The SMILES string of the molecule is Cc1ccc(N(c2ccc3c(c2)sc2c3cc3ccc4c5sc6cc(N(c7ccc(C)cc7C)c7ccc(C)cc7C)ccc6c5cc5ccc2c3c54)c2ccc(C)cc2C)c(C)c1. The molecule has 12 rings (SSSR count). The van der Waals surface area contributed by atoms with Gasteiger partial charge in [-0.3, -0.25) is 0 Å². The van der Waals surface area contributed by atoms with Gasteiger partial charge in [0.15, 0.2) is 0 Å². The Bertz CT molecular complexity index is 3540. The molecule has 0 aliphatic heterocycles. The van der Waals surface area contributed by atoms with E-state index < -0.39 is 0 Å². The first-order valence-electron chi connectivity index (χ1n) is 22.3. The lowest BCUT2D eigenvalue weighted by Gasteiger charge is -2.29. The standard InChI is InChI=1S/C60H48N2S2/c1-33-9-21-51(37(5)25-33)61(52-22-10-34(2)26-38(52)6)43-15-19-45-49-29-41-14-18-48-58-42(13-17-47(57(41)58)59(49)63-55(45)31-43)30-50-46-20-16-44(32-56(46)64-60(48)50)62(53-23-11-35(3)27-39(53)7)54-24-12-36(4)28-40(54)8/h9-32H,1-8H3. The summed E-state index contributed by atoms with van der Waals surface area (Å²) in [6.07, 6.45) is 0. The van der Waals surface area contributed by atoms with Crippen LogP contribution in [0.3, 0.4) is 0 Å². The van der Waals surface area contributed by atoms with Crippen molar-refractivity contribution in [1.29, 1.82) is 0 Å². The van der Waals surface area contributed by atoms with Crippen molar-refractivity contribution in [2.45, 2.75) is 55.4 Å². The molecule has 0 amide bonds. The largest absolute Gasteiger partial charge is 0.310 e. The minimum Gasteiger partial charge on any atom is -0.310 e. The number of hydrogen-bond acceptors (Lipinski definition) is 4. The van der Waals surface area contributed by atoms with Crippen molar-refractivity contribution in [2.75, 3.05) is 9.80 Å². The average Bonchev–Trinajstić information content (AvgIpc) is 3.83. The quantitative estimate of drug-likeness (QED) is 0.154. The molecule has 0 radical (unpaired) electrons. The van der Waals surface area contributed by atoms with Gasteiger partial charge in [0.1, 0.15) is 0 Å². The molecule has 0 bridgehead atoms. The van der Waals surface area contributed by atoms with E-state index in [4.69, 9.17) is 0 Å². The summed E-state index contributed by atoms with van der Waals surface area (Å²) in [6.45, 7) is 17.6. The summed E-state index contributed by atoms with van der Waals surface area (Å²) in [4.78, 5) is 4.91. The van der Waals surface area contributed by atoms with E-state index in [1.807, 2.05) is 22.7 Å². The Labute approximate surface area is 382 Å². The Balaban J connectivity index is 1.03. The minimum absolute atomic E-state index is 1.18. The van der Waals surface area contributed by atoms with Gasteiger partial charge in [0.05, 0.1) is 0 Å². The van der Waals surface area contributed by atoms with E-state index in [2.05, 4.69) is 211 Å². The summed E-state index contributed by atoms with van der Waals surface area (Å²) in [6, 6.07) is 55.9. The Morgan fingerprint density at radius 3 is 0.953 bits per heavy atom. The van der Waals surface area contributed by atoms with Crippen molar-refractivity contribution in [3.63, 3.8) is 0 Å². The molecule has 0 fully saturated rings. The maximum atomic E-state index is 2.46. The predicted molar refractivity (Wildman–Crippen MR) is 283 cm³/mol. The van der Waals surface area contributed by atoms with Crippen molar-refractivity contribution >= 4 is 129 Å². The number of rotatable bonds is 6. The van der Waals surface area contributed by atoms with Crippen LogP contribution in [0.1, 0.15) is 44.5 Å². The molecule has 0 saturated heterocycles. The lowest BCUT2D eigenvalue weighted by Crippen LogP contribution is -2.12. The molecule has 0 unspecified atom stereocenters. The molecule has 2 aromatic heterocycles. The van der Waals surface area contributed by atoms with Crippen LogP contribution < -0.4 is 9.80 Å². The zero-order chi connectivity index (χ0) is 43.7. The molecule has 0 aliphatic carbocycles. The maximum absolute atomic E-state index is 2.46. The van der Waals surface area contributed by atoms with Crippen LogP contribution in [0.4, 0.5) is 34.1 Å². The first-order chi connectivity index (χ1) is 31.0. The first kappa shape index (κ1) is 38.9. The second-order valence-electron chi connectivity index (χ2n) is 18.3. The topological polar surface area (TPSA) is 6.48 Å². The molecule has 2 heterocycles. The van der Waals surface area contributed by atoms with Crippen LogP contribution in [-0.4, -0.2) is 0 Å². The third kappa shape index (κ3) is 5.96. The highest BCUT2D eigenvalue weighted by molar-refractivity contribution is 7.27. The van der Waals surface area contributed by atoms with Gasteiger partial charge >= 0.3 is 0 Å². The smallest absolute Gasteiger partial charge is 0.0491 e. The number of anilines is 6. The fraction of sp³-hybridized carbons (Fsp3) is 0.133. The highest BCUT2D eigenvalue weighted by Crippen LogP contribution is 2.50. The Morgan fingerprint density at radius 2 is 0.625 bits per heavy atom. The van der Waals surface area contributed by atoms with E-state index in [0.29, 0.717) is 0 Å². The van der Waals surface area contributed by atoms with Crippen LogP contribution in [0, 0.1) is 55.4 Å². The molecule has 4 heteroatoms. The fourth-order valence-electron chi connectivity index (χ4n) is 10.7. The zero-order valence-corrected chi connectivity index (χ0v) is 39.2. The molecule has 10 aromatic carbocycles. The van der Waals surface area contributed by atoms with Crippen molar-refractivity contribution in [3.8, 4) is 0 Å². The van der Waals surface area contributed by atoms with E-state index in [1.165, 1.54) is 151 Å². The highest BCUT2D eigenvalue weighted by atomic mass is 32.1. The summed E-state index contributed by atoms with van der Waals surface area (Å²) in [5, 5.41) is 13.3. The van der Waals surface area contributed by atoms with Gasteiger partial charge in [0.25, 0.3) is 0 Å². The lowest BCUT2D eigenvalue weighted by molar-refractivity contribution is 1.21. The molecule has 12 aromatic rings. The Kier molecular flexibility index (Phi) is 8.76. The monoisotopic (exact) mass is 860 g/mol. The molecular weight excluding hydrogens is 813 g/mol. The normalized spacial score (nSPS) is 12.1. The molecule has 310 valence electrons. The van der Waals surface area contributed by atoms with Gasteiger partial charge in [-0.15, -0.1) is 22.7 Å². The molecule has 0 aliphatic rings. The van der Waals surface area contributed by atoms with Crippen LogP contribution in [0.15, 0.2) is 146 Å². The van der Waals surface area contributed by atoms with Gasteiger partial charge in [-0.2, -0.15) is 0 Å². The predicted octanol–water partition coefficient (Wildman–Crippen LogP) is 18.7. The highest BCUT2D eigenvalue weighted by Gasteiger charge is 2.23. The third-order valence-electron chi connectivity index (χ3n) is 13.6. The third-order valence-corrected chi connectivity index (χ3v) is 16.0. The molecule has 64 heavy (non-hydrogen) atoms. The first-order valence-corrected chi connectivity index (χ1v) is 23.9. The van der Waals surface area contributed by atoms with Gasteiger partial charge in [-0.1, -0.05) is 107 Å². The van der Waals surface area contributed by atoms with Crippen molar-refractivity contribution in [3.05, 3.63) is 190 Å². The van der Waals surface area contributed by atoms with E-state index in [9.17, 15) is 0 Å². The second-order valence-corrected chi connectivity index (χ2v) is 20.4. The van der Waals surface area contributed by atoms with Gasteiger partial charge in [-0.25, -0.2) is 0 Å². The number of fused-ring (bicyclic) bond motifs is 8. The Hall–Kier alpha value is -6.72. The molecule has 0 spiro atoms. The van der Waals surface area contributed by atoms with E-state index >= 15 is 0 Å². The number of benzene rings is 10. The number of nitrogens with zero attached hydrogens (tertiary/aromatic N) is 2. The van der Waals surface area contributed by atoms with Crippen molar-refractivity contribution in [1.82, 2.24) is 0 Å².